The smallest absolute Gasteiger partial charge is 0.310 e. The predicted molar refractivity (Wildman–Crippen MR) is 63.7 cm³/mol. The average Bonchev–Trinajstić information content (AvgIpc) is 2.28. The summed E-state index contributed by atoms with van der Waals surface area (Å²) in [4.78, 5) is 0. The third-order valence-electron chi connectivity index (χ3n) is 2.96. The maximum Gasteiger partial charge on any atom is 0.416 e. The van der Waals surface area contributed by atoms with Crippen LogP contribution in [0.25, 0.3) is 0 Å². The van der Waals surface area contributed by atoms with Gasteiger partial charge in [0.25, 0.3) is 0 Å². The van der Waals surface area contributed by atoms with Crippen molar-refractivity contribution in [2.75, 3.05) is 6.54 Å². The largest absolute Gasteiger partial charge is 0.416 e. The van der Waals surface area contributed by atoms with Gasteiger partial charge in [-0.1, -0.05) is 22.4 Å². The number of rotatable bonds is 1. The van der Waals surface area contributed by atoms with Gasteiger partial charge in [0, 0.05) is 10.5 Å². The number of benzene rings is 1. The lowest BCUT2D eigenvalue weighted by Crippen LogP contribution is -2.27. The summed E-state index contributed by atoms with van der Waals surface area (Å²) in [6, 6.07) is 4.17. The van der Waals surface area contributed by atoms with Gasteiger partial charge in [0.2, 0.25) is 0 Å². The van der Waals surface area contributed by atoms with Gasteiger partial charge in [-0.25, -0.2) is 0 Å². The molecule has 94 valence electrons. The van der Waals surface area contributed by atoms with Gasteiger partial charge >= 0.3 is 6.18 Å². The van der Waals surface area contributed by atoms with Crippen LogP contribution in [0.5, 0.6) is 0 Å². The summed E-state index contributed by atoms with van der Waals surface area (Å²) in [6.45, 7) is 0.874. The Hall–Kier alpha value is -0.550. The Kier molecular flexibility index (Phi) is 3.78. The summed E-state index contributed by atoms with van der Waals surface area (Å²) in [5.41, 5.74) is 0.126. The van der Waals surface area contributed by atoms with Gasteiger partial charge in [0.1, 0.15) is 0 Å². The summed E-state index contributed by atoms with van der Waals surface area (Å²) < 4.78 is 38.5. The van der Waals surface area contributed by atoms with E-state index in [4.69, 9.17) is 0 Å². The first-order chi connectivity index (χ1) is 7.97. The molecule has 1 aliphatic heterocycles. The van der Waals surface area contributed by atoms with E-state index in [0.717, 1.165) is 31.9 Å². The molecule has 1 aliphatic rings. The van der Waals surface area contributed by atoms with Crippen LogP contribution in [0.4, 0.5) is 13.2 Å². The van der Waals surface area contributed by atoms with Crippen LogP contribution < -0.4 is 5.32 Å². The van der Waals surface area contributed by atoms with Crippen LogP contribution in [0.15, 0.2) is 22.7 Å². The molecule has 0 aromatic heterocycles. The Balaban J connectivity index is 2.31. The molecule has 1 saturated heterocycles. The molecular weight excluding hydrogens is 295 g/mol. The number of halogens is 4. The monoisotopic (exact) mass is 307 g/mol. The van der Waals surface area contributed by atoms with E-state index in [1.165, 1.54) is 6.07 Å². The fourth-order valence-electron chi connectivity index (χ4n) is 2.11. The zero-order valence-corrected chi connectivity index (χ0v) is 10.7. The molecule has 0 amide bonds. The van der Waals surface area contributed by atoms with Crippen molar-refractivity contribution in [2.24, 2.45) is 0 Å². The number of hydrogen-bond acceptors (Lipinski definition) is 1. The van der Waals surface area contributed by atoms with Gasteiger partial charge in [0.05, 0.1) is 5.56 Å². The first-order valence-electron chi connectivity index (χ1n) is 5.58. The van der Waals surface area contributed by atoms with E-state index in [1.54, 1.807) is 6.07 Å². The number of nitrogens with one attached hydrogen (secondary N) is 1. The molecule has 1 nitrogen and oxygen atoms in total. The Bertz CT molecular complexity index is 397. The molecule has 0 saturated carbocycles. The van der Waals surface area contributed by atoms with Crippen molar-refractivity contribution in [1.82, 2.24) is 5.32 Å². The lowest BCUT2D eigenvalue weighted by molar-refractivity contribution is -0.137. The third kappa shape index (κ3) is 3.22. The van der Waals surface area contributed by atoms with E-state index in [9.17, 15) is 13.2 Å². The Morgan fingerprint density at radius 1 is 1.18 bits per heavy atom. The van der Waals surface area contributed by atoms with E-state index < -0.39 is 11.7 Å². The fourth-order valence-corrected chi connectivity index (χ4v) is 2.62. The molecule has 0 unspecified atom stereocenters. The van der Waals surface area contributed by atoms with Crippen molar-refractivity contribution in [3.63, 3.8) is 0 Å². The molecule has 1 aromatic rings. The first kappa shape index (κ1) is 12.9. The average molecular weight is 308 g/mol. The minimum Gasteiger partial charge on any atom is -0.310 e. The topological polar surface area (TPSA) is 12.0 Å². The highest BCUT2D eigenvalue weighted by molar-refractivity contribution is 9.10. The molecule has 5 heteroatoms. The summed E-state index contributed by atoms with van der Waals surface area (Å²) in [5.74, 6) is 0. The maximum atomic E-state index is 12.7. The zero-order valence-electron chi connectivity index (χ0n) is 9.15. The minimum atomic E-state index is -4.28. The van der Waals surface area contributed by atoms with Gasteiger partial charge in [-0.2, -0.15) is 13.2 Å². The fraction of sp³-hybridized carbons (Fsp3) is 0.500. The highest BCUT2D eigenvalue weighted by Crippen LogP contribution is 2.34. The number of alkyl halides is 3. The van der Waals surface area contributed by atoms with Gasteiger partial charge in [-0.3, -0.25) is 0 Å². The molecule has 0 aliphatic carbocycles. The molecular formula is C12H13BrF3N. The molecule has 1 fully saturated rings. The van der Waals surface area contributed by atoms with E-state index in [1.807, 2.05) is 0 Å². The molecule has 0 spiro atoms. The third-order valence-corrected chi connectivity index (χ3v) is 3.42. The van der Waals surface area contributed by atoms with Crippen LogP contribution in [-0.4, -0.2) is 6.54 Å². The summed E-state index contributed by atoms with van der Waals surface area (Å²) >= 11 is 3.14. The van der Waals surface area contributed by atoms with Crippen LogP contribution in [0.2, 0.25) is 0 Å². The van der Waals surface area contributed by atoms with Crippen LogP contribution in [0.3, 0.4) is 0 Å². The molecule has 1 heterocycles. The normalized spacial score (nSPS) is 21.5. The number of piperidine rings is 1. The lowest BCUT2D eigenvalue weighted by Gasteiger charge is -2.24. The second-order valence-corrected chi connectivity index (χ2v) is 5.19. The van der Waals surface area contributed by atoms with Crippen molar-refractivity contribution in [1.29, 1.82) is 0 Å². The van der Waals surface area contributed by atoms with Crippen molar-refractivity contribution in [3.05, 3.63) is 33.8 Å². The van der Waals surface area contributed by atoms with E-state index in [0.29, 0.717) is 10.0 Å². The standard InChI is InChI=1S/C12H13BrF3N/c13-10-6-8(11-3-1-2-4-17-11)5-9(7-10)12(14,15)16/h5-7,11,17H,1-4H2/t11-/m0/s1. The van der Waals surface area contributed by atoms with Gasteiger partial charge in [-0.15, -0.1) is 0 Å². The zero-order chi connectivity index (χ0) is 12.5. The van der Waals surface area contributed by atoms with Gasteiger partial charge in [0.15, 0.2) is 0 Å². The Morgan fingerprint density at radius 3 is 2.53 bits per heavy atom. The molecule has 17 heavy (non-hydrogen) atoms. The maximum absolute atomic E-state index is 12.7. The summed E-state index contributed by atoms with van der Waals surface area (Å²) in [7, 11) is 0. The first-order valence-corrected chi connectivity index (χ1v) is 6.37. The number of hydrogen-bond donors (Lipinski definition) is 1. The van der Waals surface area contributed by atoms with Gasteiger partial charge in [-0.05, 0) is 43.1 Å². The molecule has 1 aromatic carbocycles. The van der Waals surface area contributed by atoms with Gasteiger partial charge < -0.3 is 5.32 Å². The molecule has 1 atom stereocenters. The Labute approximate surface area is 107 Å². The second kappa shape index (κ2) is 4.98. The Morgan fingerprint density at radius 2 is 1.94 bits per heavy atom. The highest BCUT2D eigenvalue weighted by Gasteiger charge is 2.31. The minimum absolute atomic E-state index is 0.0438. The van der Waals surface area contributed by atoms with E-state index >= 15 is 0 Å². The summed E-state index contributed by atoms with van der Waals surface area (Å²) in [6.07, 6.45) is -1.23. The van der Waals surface area contributed by atoms with Crippen LogP contribution in [0, 0.1) is 0 Å². The van der Waals surface area contributed by atoms with Crippen LogP contribution in [-0.2, 0) is 6.18 Å². The molecule has 0 bridgehead atoms. The van der Waals surface area contributed by atoms with Crippen LogP contribution >= 0.6 is 15.9 Å². The lowest BCUT2D eigenvalue weighted by atomic mass is 9.96. The SMILES string of the molecule is FC(F)(F)c1cc(Br)cc([C@@H]2CCCCN2)c1. The van der Waals surface area contributed by atoms with Crippen molar-refractivity contribution in [2.45, 2.75) is 31.5 Å². The quantitative estimate of drug-likeness (QED) is 0.816. The van der Waals surface area contributed by atoms with Crippen molar-refractivity contribution >= 4 is 15.9 Å². The van der Waals surface area contributed by atoms with E-state index in [-0.39, 0.29) is 6.04 Å². The summed E-state index contributed by atoms with van der Waals surface area (Å²) in [5, 5.41) is 3.25. The van der Waals surface area contributed by atoms with E-state index in [2.05, 4.69) is 21.2 Å². The highest BCUT2D eigenvalue weighted by atomic mass is 79.9. The molecule has 1 N–H and O–H groups in total. The van der Waals surface area contributed by atoms with Crippen molar-refractivity contribution in [3.8, 4) is 0 Å². The second-order valence-electron chi connectivity index (χ2n) is 4.27. The van der Waals surface area contributed by atoms with Crippen LogP contribution in [0.1, 0.15) is 36.4 Å². The van der Waals surface area contributed by atoms with Crippen molar-refractivity contribution < 1.29 is 13.2 Å². The predicted octanol–water partition coefficient (Wildman–Crippen LogP) is 4.28. The molecule has 2 rings (SSSR count). The molecule has 0 radical (unpaired) electrons.